The predicted molar refractivity (Wildman–Crippen MR) is 71.5 cm³/mol. The second-order valence-corrected chi connectivity index (χ2v) is 5.17. The standard InChI is InChI=1S/C13H13F3N2OS/c1-8(19)12-18-11(7-20-12)6-17-10-4-2-9(3-5-10)13(14,15)16/h2-5,7-8,17,19H,6H2,1H3. The molecule has 0 aliphatic carbocycles. The van der Waals surface area contributed by atoms with Crippen molar-refractivity contribution in [2.24, 2.45) is 0 Å². The van der Waals surface area contributed by atoms with Gasteiger partial charge in [-0.15, -0.1) is 11.3 Å². The average molecular weight is 302 g/mol. The fourth-order valence-electron chi connectivity index (χ4n) is 1.57. The molecule has 0 saturated carbocycles. The van der Waals surface area contributed by atoms with Gasteiger partial charge in [0.2, 0.25) is 0 Å². The number of benzene rings is 1. The Labute approximate surface area is 118 Å². The molecule has 2 N–H and O–H groups in total. The van der Waals surface area contributed by atoms with Crippen molar-refractivity contribution in [3.63, 3.8) is 0 Å². The Morgan fingerprint density at radius 2 is 1.95 bits per heavy atom. The zero-order valence-electron chi connectivity index (χ0n) is 10.6. The molecule has 0 aliphatic rings. The SMILES string of the molecule is CC(O)c1nc(CNc2ccc(C(F)(F)F)cc2)cs1. The number of aliphatic hydroxyl groups is 1. The van der Waals surface area contributed by atoms with Crippen LogP contribution in [0.25, 0.3) is 0 Å². The molecule has 0 radical (unpaired) electrons. The lowest BCUT2D eigenvalue weighted by Crippen LogP contribution is -2.05. The molecule has 1 atom stereocenters. The van der Waals surface area contributed by atoms with E-state index in [1.807, 2.05) is 0 Å². The van der Waals surface area contributed by atoms with E-state index in [9.17, 15) is 18.3 Å². The summed E-state index contributed by atoms with van der Waals surface area (Å²) in [7, 11) is 0. The van der Waals surface area contributed by atoms with Crippen LogP contribution in [-0.4, -0.2) is 10.1 Å². The number of thiazole rings is 1. The average Bonchev–Trinajstić information content (AvgIpc) is 2.85. The van der Waals surface area contributed by atoms with Gasteiger partial charge in [-0.05, 0) is 31.2 Å². The van der Waals surface area contributed by atoms with Crippen LogP contribution in [-0.2, 0) is 12.7 Å². The molecule has 0 amide bonds. The summed E-state index contributed by atoms with van der Waals surface area (Å²) in [5, 5.41) is 14.8. The largest absolute Gasteiger partial charge is 0.416 e. The van der Waals surface area contributed by atoms with Crippen LogP contribution >= 0.6 is 11.3 Å². The lowest BCUT2D eigenvalue weighted by atomic mass is 10.2. The Kier molecular flexibility index (Phi) is 4.29. The monoisotopic (exact) mass is 302 g/mol. The highest BCUT2D eigenvalue weighted by Crippen LogP contribution is 2.29. The van der Waals surface area contributed by atoms with Gasteiger partial charge < -0.3 is 10.4 Å². The van der Waals surface area contributed by atoms with Crippen molar-refractivity contribution in [3.8, 4) is 0 Å². The number of anilines is 1. The number of halogens is 3. The highest BCUT2D eigenvalue weighted by atomic mass is 32.1. The lowest BCUT2D eigenvalue weighted by molar-refractivity contribution is -0.137. The Hall–Kier alpha value is -1.60. The van der Waals surface area contributed by atoms with E-state index in [1.54, 1.807) is 12.3 Å². The van der Waals surface area contributed by atoms with Crippen LogP contribution < -0.4 is 5.32 Å². The number of alkyl halides is 3. The molecule has 1 aromatic carbocycles. The summed E-state index contributed by atoms with van der Waals surface area (Å²) in [5.41, 5.74) is 0.656. The topological polar surface area (TPSA) is 45.2 Å². The van der Waals surface area contributed by atoms with E-state index in [0.717, 1.165) is 17.8 Å². The van der Waals surface area contributed by atoms with Crippen LogP contribution in [0.4, 0.5) is 18.9 Å². The molecule has 0 aliphatic heterocycles. The molecule has 1 heterocycles. The molecule has 2 rings (SSSR count). The molecule has 1 aromatic heterocycles. The summed E-state index contributed by atoms with van der Waals surface area (Å²) in [6.45, 7) is 2.03. The Morgan fingerprint density at radius 1 is 1.30 bits per heavy atom. The fraction of sp³-hybridized carbons (Fsp3) is 0.308. The predicted octanol–water partition coefficient (Wildman–Crippen LogP) is 3.83. The van der Waals surface area contributed by atoms with Gasteiger partial charge in [0.05, 0.1) is 17.8 Å². The third-order valence-electron chi connectivity index (χ3n) is 2.61. The zero-order chi connectivity index (χ0) is 14.8. The van der Waals surface area contributed by atoms with Crippen molar-refractivity contribution >= 4 is 17.0 Å². The summed E-state index contributed by atoms with van der Waals surface area (Å²) in [4.78, 5) is 4.21. The minimum Gasteiger partial charge on any atom is -0.386 e. The molecule has 0 spiro atoms. The number of hydrogen-bond acceptors (Lipinski definition) is 4. The van der Waals surface area contributed by atoms with Gasteiger partial charge in [0.15, 0.2) is 0 Å². The Bertz CT molecular complexity index is 564. The van der Waals surface area contributed by atoms with E-state index in [1.165, 1.54) is 23.5 Å². The minimum atomic E-state index is -4.32. The van der Waals surface area contributed by atoms with Crippen LogP contribution in [0.15, 0.2) is 29.6 Å². The first kappa shape index (κ1) is 14.8. The van der Waals surface area contributed by atoms with E-state index < -0.39 is 17.8 Å². The summed E-state index contributed by atoms with van der Waals surface area (Å²) in [6.07, 6.45) is -4.93. The van der Waals surface area contributed by atoms with E-state index >= 15 is 0 Å². The highest BCUT2D eigenvalue weighted by molar-refractivity contribution is 7.09. The molecule has 1 unspecified atom stereocenters. The van der Waals surface area contributed by atoms with Crippen molar-refractivity contribution in [3.05, 3.63) is 45.9 Å². The Balaban J connectivity index is 1.97. The molecule has 0 saturated heterocycles. The minimum absolute atomic E-state index is 0.397. The van der Waals surface area contributed by atoms with Crippen molar-refractivity contribution in [2.75, 3.05) is 5.32 Å². The van der Waals surface area contributed by atoms with Crippen LogP contribution in [0, 0.1) is 0 Å². The summed E-state index contributed by atoms with van der Waals surface area (Å²) >= 11 is 1.35. The molecule has 2 aromatic rings. The van der Waals surface area contributed by atoms with E-state index in [-0.39, 0.29) is 0 Å². The number of aromatic nitrogens is 1. The number of aliphatic hydroxyl groups excluding tert-OH is 1. The number of nitrogens with one attached hydrogen (secondary N) is 1. The summed E-state index contributed by atoms with van der Waals surface area (Å²) in [6, 6.07) is 4.82. The molecule has 20 heavy (non-hydrogen) atoms. The number of nitrogens with zero attached hydrogens (tertiary/aromatic N) is 1. The molecule has 0 fully saturated rings. The van der Waals surface area contributed by atoms with Crippen LogP contribution in [0.3, 0.4) is 0 Å². The first-order valence-electron chi connectivity index (χ1n) is 5.90. The first-order chi connectivity index (χ1) is 9.36. The quantitative estimate of drug-likeness (QED) is 0.902. The number of hydrogen-bond donors (Lipinski definition) is 2. The van der Waals surface area contributed by atoms with Crippen LogP contribution in [0.2, 0.25) is 0 Å². The fourth-order valence-corrected chi connectivity index (χ4v) is 2.33. The van der Waals surface area contributed by atoms with Crippen molar-refractivity contribution in [1.29, 1.82) is 0 Å². The molecule has 0 bridgehead atoms. The van der Waals surface area contributed by atoms with Gasteiger partial charge in [-0.1, -0.05) is 0 Å². The first-order valence-corrected chi connectivity index (χ1v) is 6.78. The highest BCUT2D eigenvalue weighted by Gasteiger charge is 2.29. The maximum atomic E-state index is 12.4. The maximum Gasteiger partial charge on any atom is 0.416 e. The summed E-state index contributed by atoms with van der Waals surface area (Å²) < 4.78 is 37.2. The molecule has 7 heteroatoms. The van der Waals surface area contributed by atoms with Gasteiger partial charge in [0.25, 0.3) is 0 Å². The van der Waals surface area contributed by atoms with E-state index in [2.05, 4.69) is 10.3 Å². The van der Waals surface area contributed by atoms with Gasteiger partial charge in [0, 0.05) is 11.1 Å². The summed E-state index contributed by atoms with van der Waals surface area (Å²) in [5.74, 6) is 0. The normalized spacial score (nSPS) is 13.2. The Morgan fingerprint density at radius 3 is 2.45 bits per heavy atom. The van der Waals surface area contributed by atoms with E-state index in [0.29, 0.717) is 17.2 Å². The molecule has 3 nitrogen and oxygen atoms in total. The lowest BCUT2D eigenvalue weighted by Gasteiger charge is -2.08. The number of rotatable bonds is 4. The smallest absolute Gasteiger partial charge is 0.386 e. The second-order valence-electron chi connectivity index (χ2n) is 4.28. The van der Waals surface area contributed by atoms with Gasteiger partial charge in [-0.3, -0.25) is 0 Å². The third-order valence-corrected chi connectivity index (χ3v) is 3.68. The molecular formula is C13H13F3N2OS. The van der Waals surface area contributed by atoms with Crippen molar-refractivity contribution < 1.29 is 18.3 Å². The van der Waals surface area contributed by atoms with Crippen LogP contribution in [0.5, 0.6) is 0 Å². The third kappa shape index (κ3) is 3.71. The zero-order valence-corrected chi connectivity index (χ0v) is 11.4. The molecular weight excluding hydrogens is 289 g/mol. The molecule has 108 valence electrons. The van der Waals surface area contributed by atoms with Gasteiger partial charge in [0.1, 0.15) is 11.1 Å². The van der Waals surface area contributed by atoms with Crippen molar-refractivity contribution in [1.82, 2.24) is 4.98 Å². The van der Waals surface area contributed by atoms with Crippen molar-refractivity contribution in [2.45, 2.75) is 25.7 Å². The van der Waals surface area contributed by atoms with Crippen LogP contribution in [0.1, 0.15) is 29.3 Å². The van der Waals surface area contributed by atoms with Gasteiger partial charge in [-0.2, -0.15) is 13.2 Å². The van der Waals surface area contributed by atoms with E-state index in [4.69, 9.17) is 0 Å². The van der Waals surface area contributed by atoms with Gasteiger partial charge in [-0.25, -0.2) is 4.98 Å². The van der Waals surface area contributed by atoms with Gasteiger partial charge >= 0.3 is 6.18 Å². The maximum absolute atomic E-state index is 12.4. The second kappa shape index (κ2) is 5.80.